The molecule has 21 heavy (non-hydrogen) atoms. The summed E-state index contributed by atoms with van der Waals surface area (Å²) in [5, 5.41) is 12.8. The van der Waals surface area contributed by atoms with Gasteiger partial charge in [-0.3, -0.25) is 4.79 Å². The van der Waals surface area contributed by atoms with Crippen LogP contribution < -0.4 is 5.32 Å². The predicted octanol–water partition coefficient (Wildman–Crippen LogP) is 2.52. The highest BCUT2D eigenvalue weighted by Crippen LogP contribution is 2.38. The second-order valence-corrected chi connectivity index (χ2v) is 8.09. The van der Waals surface area contributed by atoms with Crippen molar-refractivity contribution >= 4 is 17.7 Å². The van der Waals surface area contributed by atoms with Crippen molar-refractivity contribution < 1.29 is 14.6 Å². The normalized spacial score (nSPS) is 40.5. The maximum Gasteiger partial charge on any atom is 0.306 e. The minimum absolute atomic E-state index is 0.0943. The molecule has 4 nitrogen and oxygen atoms in total. The second kappa shape index (κ2) is 6.88. The van der Waals surface area contributed by atoms with Crippen LogP contribution >= 0.6 is 11.8 Å². The van der Waals surface area contributed by atoms with Gasteiger partial charge in [0.25, 0.3) is 0 Å². The summed E-state index contributed by atoms with van der Waals surface area (Å²) >= 11 is 2.02. The van der Waals surface area contributed by atoms with Crippen LogP contribution in [0.5, 0.6) is 0 Å². The molecule has 0 radical (unpaired) electrons. The van der Waals surface area contributed by atoms with E-state index in [9.17, 15) is 4.79 Å². The van der Waals surface area contributed by atoms with E-state index in [-0.39, 0.29) is 11.5 Å². The molecule has 2 atom stereocenters. The monoisotopic (exact) mass is 313 g/mol. The molecule has 120 valence electrons. The van der Waals surface area contributed by atoms with E-state index in [4.69, 9.17) is 9.84 Å². The average molecular weight is 313 g/mol. The van der Waals surface area contributed by atoms with E-state index < -0.39 is 5.97 Å². The van der Waals surface area contributed by atoms with Gasteiger partial charge >= 0.3 is 5.97 Å². The molecule has 5 heteroatoms. The smallest absolute Gasteiger partial charge is 0.306 e. The molecule has 0 bridgehead atoms. The van der Waals surface area contributed by atoms with E-state index in [1.165, 1.54) is 12.2 Å². The zero-order valence-electron chi connectivity index (χ0n) is 12.7. The van der Waals surface area contributed by atoms with Crippen LogP contribution in [-0.2, 0) is 9.53 Å². The summed E-state index contributed by atoms with van der Waals surface area (Å²) in [7, 11) is 0. The number of ether oxygens (including phenoxy) is 1. The quantitative estimate of drug-likeness (QED) is 0.835. The largest absolute Gasteiger partial charge is 0.481 e. The summed E-state index contributed by atoms with van der Waals surface area (Å²) in [5.41, 5.74) is 0.154. The molecule has 0 aromatic carbocycles. The summed E-state index contributed by atoms with van der Waals surface area (Å²) < 4.78 is 6.06. The number of nitrogens with one attached hydrogen (secondary N) is 1. The number of carbonyl (C=O) groups is 1. The Hall–Kier alpha value is -0.260. The van der Waals surface area contributed by atoms with Crippen LogP contribution in [0.1, 0.15) is 44.9 Å². The third-order valence-corrected chi connectivity index (χ3v) is 6.67. The fraction of sp³-hybridized carbons (Fsp3) is 0.938. The standard InChI is InChI=1S/C16H27NO3S/c18-15(19)13-3-1-12(2-4-13)10-17-14-5-7-20-16(9-14)6-8-21-11-16/h12-14,17H,1-11H2,(H,18,19). The summed E-state index contributed by atoms with van der Waals surface area (Å²) in [4.78, 5) is 11.0. The van der Waals surface area contributed by atoms with Gasteiger partial charge in [-0.1, -0.05) is 0 Å². The Labute approximate surface area is 131 Å². The van der Waals surface area contributed by atoms with E-state index in [1.54, 1.807) is 0 Å². The van der Waals surface area contributed by atoms with Crippen molar-refractivity contribution in [1.29, 1.82) is 0 Å². The van der Waals surface area contributed by atoms with Gasteiger partial charge in [0, 0.05) is 18.4 Å². The Balaban J connectivity index is 1.40. The van der Waals surface area contributed by atoms with Crippen LogP contribution in [0.15, 0.2) is 0 Å². The third kappa shape index (κ3) is 3.93. The molecular formula is C16H27NO3S. The van der Waals surface area contributed by atoms with Crippen LogP contribution in [0.4, 0.5) is 0 Å². The first-order valence-corrected chi connectivity index (χ1v) is 9.50. The molecule has 2 aliphatic heterocycles. The first kappa shape index (κ1) is 15.6. The number of carboxylic acid groups (broad SMARTS) is 1. The predicted molar refractivity (Wildman–Crippen MR) is 84.7 cm³/mol. The van der Waals surface area contributed by atoms with Crippen molar-refractivity contribution in [3.63, 3.8) is 0 Å². The maximum atomic E-state index is 11.0. The van der Waals surface area contributed by atoms with Crippen molar-refractivity contribution in [3.05, 3.63) is 0 Å². The lowest BCUT2D eigenvalue weighted by Crippen LogP contribution is -2.48. The summed E-state index contributed by atoms with van der Waals surface area (Å²) in [6.07, 6.45) is 7.33. The molecule has 2 heterocycles. The Bertz CT molecular complexity index is 363. The van der Waals surface area contributed by atoms with Crippen molar-refractivity contribution in [1.82, 2.24) is 5.32 Å². The van der Waals surface area contributed by atoms with Gasteiger partial charge in [-0.2, -0.15) is 11.8 Å². The van der Waals surface area contributed by atoms with Gasteiger partial charge in [-0.05, 0) is 63.2 Å². The van der Waals surface area contributed by atoms with Gasteiger partial charge in [0.1, 0.15) is 0 Å². The number of carboxylic acids is 1. The van der Waals surface area contributed by atoms with E-state index in [0.717, 1.165) is 57.4 Å². The minimum Gasteiger partial charge on any atom is -0.481 e. The first-order valence-electron chi connectivity index (χ1n) is 8.35. The van der Waals surface area contributed by atoms with Gasteiger partial charge in [-0.25, -0.2) is 0 Å². The van der Waals surface area contributed by atoms with E-state index in [2.05, 4.69) is 5.32 Å². The molecule has 0 amide bonds. The van der Waals surface area contributed by atoms with Crippen molar-refractivity contribution in [3.8, 4) is 0 Å². The Morgan fingerprint density at radius 2 is 2.10 bits per heavy atom. The Morgan fingerprint density at radius 3 is 2.76 bits per heavy atom. The van der Waals surface area contributed by atoms with Crippen LogP contribution in [0.25, 0.3) is 0 Å². The minimum atomic E-state index is -0.605. The SMILES string of the molecule is O=C(O)C1CCC(CNC2CCOC3(CCSC3)C2)CC1. The zero-order valence-corrected chi connectivity index (χ0v) is 13.5. The molecule has 3 fully saturated rings. The molecular weight excluding hydrogens is 286 g/mol. The van der Waals surface area contributed by atoms with Gasteiger partial charge in [0.2, 0.25) is 0 Å². The van der Waals surface area contributed by atoms with Gasteiger partial charge in [0.05, 0.1) is 11.5 Å². The summed E-state index contributed by atoms with van der Waals surface area (Å²) in [6, 6.07) is 0.592. The highest BCUT2D eigenvalue weighted by Gasteiger charge is 2.40. The third-order valence-electron chi connectivity index (χ3n) is 5.45. The molecule has 0 aromatic rings. The molecule has 2 saturated heterocycles. The van der Waals surface area contributed by atoms with Crippen molar-refractivity contribution in [2.24, 2.45) is 11.8 Å². The fourth-order valence-electron chi connectivity index (χ4n) is 4.01. The van der Waals surface area contributed by atoms with Gasteiger partial charge in [0.15, 0.2) is 0 Å². The zero-order chi connectivity index (χ0) is 14.7. The molecule has 3 aliphatic rings. The lowest BCUT2D eigenvalue weighted by Gasteiger charge is -2.39. The molecule has 2 N–H and O–H groups in total. The Morgan fingerprint density at radius 1 is 1.29 bits per heavy atom. The highest BCUT2D eigenvalue weighted by atomic mass is 32.2. The van der Waals surface area contributed by atoms with E-state index in [0.29, 0.717) is 12.0 Å². The fourth-order valence-corrected chi connectivity index (χ4v) is 5.39. The number of hydrogen-bond acceptors (Lipinski definition) is 4. The van der Waals surface area contributed by atoms with Crippen LogP contribution in [0.2, 0.25) is 0 Å². The molecule has 3 rings (SSSR count). The summed E-state index contributed by atoms with van der Waals surface area (Å²) in [5.74, 6) is 2.37. The maximum absolute atomic E-state index is 11.0. The highest BCUT2D eigenvalue weighted by molar-refractivity contribution is 7.99. The number of hydrogen-bond donors (Lipinski definition) is 2. The lowest BCUT2D eigenvalue weighted by atomic mass is 9.81. The van der Waals surface area contributed by atoms with Gasteiger partial charge in [-0.15, -0.1) is 0 Å². The number of rotatable bonds is 4. The molecule has 1 saturated carbocycles. The molecule has 1 aliphatic carbocycles. The van der Waals surface area contributed by atoms with Crippen LogP contribution in [0.3, 0.4) is 0 Å². The average Bonchev–Trinajstić information content (AvgIpc) is 2.93. The van der Waals surface area contributed by atoms with E-state index in [1.807, 2.05) is 11.8 Å². The second-order valence-electron chi connectivity index (χ2n) is 6.99. The first-order chi connectivity index (χ1) is 10.2. The molecule has 1 spiro atoms. The van der Waals surface area contributed by atoms with Crippen LogP contribution in [0, 0.1) is 11.8 Å². The molecule has 0 aromatic heterocycles. The van der Waals surface area contributed by atoms with Gasteiger partial charge < -0.3 is 15.2 Å². The van der Waals surface area contributed by atoms with E-state index >= 15 is 0 Å². The lowest BCUT2D eigenvalue weighted by molar-refractivity contribution is -0.143. The number of thioether (sulfide) groups is 1. The van der Waals surface area contributed by atoms with Crippen molar-refractivity contribution in [2.75, 3.05) is 24.7 Å². The topological polar surface area (TPSA) is 58.6 Å². The number of aliphatic carboxylic acids is 1. The Kier molecular flexibility index (Phi) is 5.12. The van der Waals surface area contributed by atoms with Crippen LogP contribution in [-0.4, -0.2) is 47.4 Å². The summed E-state index contributed by atoms with van der Waals surface area (Å²) in [6.45, 7) is 1.95. The van der Waals surface area contributed by atoms with Crippen molar-refractivity contribution in [2.45, 2.75) is 56.6 Å². The molecule has 2 unspecified atom stereocenters.